The van der Waals surface area contributed by atoms with Gasteiger partial charge >= 0.3 is 6.03 Å². The van der Waals surface area contributed by atoms with E-state index in [9.17, 15) is 9.90 Å². The van der Waals surface area contributed by atoms with Gasteiger partial charge in [-0.25, -0.2) is 9.78 Å². The van der Waals surface area contributed by atoms with E-state index in [4.69, 9.17) is 4.74 Å². The van der Waals surface area contributed by atoms with Crippen LogP contribution in [0.5, 0.6) is 5.75 Å². The number of urea groups is 1. The number of aliphatic hydroxyl groups is 1. The van der Waals surface area contributed by atoms with Gasteiger partial charge in [0.15, 0.2) is 0 Å². The zero-order valence-corrected chi connectivity index (χ0v) is 22.5. The van der Waals surface area contributed by atoms with Crippen LogP contribution in [-0.2, 0) is 6.42 Å². The molecule has 1 aromatic heterocycles. The molecule has 0 saturated carbocycles. The summed E-state index contributed by atoms with van der Waals surface area (Å²) >= 11 is 1.66. The van der Waals surface area contributed by atoms with Crippen LogP contribution in [0.25, 0.3) is 21.3 Å². The largest absolute Gasteiger partial charge is 0.491 e. The number of anilines is 1. The molecule has 196 valence electrons. The average molecular weight is 529 g/mol. The van der Waals surface area contributed by atoms with Crippen molar-refractivity contribution < 1.29 is 14.6 Å². The number of hydrogen-bond donors (Lipinski definition) is 2. The number of thiazole rings is 1. The number of carbonyl (C=O) groups excluding carboxylic acids is 1. The summed E-state index contributed by atoms with van der Waals surface area (Å²) in [5.41, 5.74) is 6.68. The zero-order chi connectivity index (χ0) is 26.2. The fraction of sp³-hybridized carbons (Fsp3) is 0.333. The van der Waals surface area contributed by atoms with Gasteiger partial charge in [0.2, 0.25) is 0 Å². The molecule has 0 bridgehead atoms. The van der Waals surface area contributed by atoms with Crippen LogP contribution in [0.1, 0.15) is 23.1 Å². The summed E-state index contributed by atoms with van der Waals surface area (Å²) in [6.07, 6.45) is 0.272. The first-order valence-electron chi connectivity index (χ1n) is 13.1. The number of aryl methyl sites for hydroxylation is 1. The topological polar surface area (TPSA) is 77.9 Å². The maximum Gasteiger partial charge on any atom is 0.321 e. The molecule has 6 rings (SSSR count). The molecule has 0 unspecified atom stereocenters. The van der Waals surface area contributed by atoms with Gasteiger partial charge in [-0.3, -0.25) is 4.90 Å². The molecule has 2 heterocycles. The molecule has 2 amide bonds. The highest BCUT2D eigenvalue weighted by Crippen LogP contribution is 2.41. The molecular weight excluding hydrogens is 496 g/mol. The van der Waals surface area contributed by atoms with Crippen LogP contribution >= 0.6 is 11.3 Å². The summed E-state index contributed by atoms with van der Waals surface area (Å²) in [5, 5.41) is 14.9. The molecule has 1 aliphatic heterocycles. The molecule has 1 fully saturated rings. The van der Waals surface area contributed by atoms with Gasteiger partial charge in [0.05, 0.1) is 20.9 Å². The summed E-state index contributed by atoms with van der Waals surface area (Å²) in [7, 11) is 0. The number of aromatic nitrogens is 1. The van der Waals surface area contributed by atoms with Crippen LogP contribution in [0.2, 0.25) is 0 Å². The van der Waals surface area contributed by atoms with Gasteiger partial charge < -0.3 is 20.1 Å². The summed E-state index contributed by atoms with van der Waals surface area (Å²) < 4.78 is 6.99. The van der Waals surface area contributed by atoms with Gasteiger partial charge in [-0.15, -0.1) is 11.3 Å². The number of fused-ring (bicyclic) bond motifs is 4. The monoisotopic (exact) mass is 528 g/mol. The van der Waals surface area contributed by atoms with Crippen molar-refractivity contribution in [3.63, 3.8) is 0 Å². The first-order valence-corrected chi connectivity index (χ1v) is 13.9. The van der Waals surface area contributed by atoms with E-state index in [0.29, 0.717) is 31.9 Å². The fourth-order valence-corrected chi connectivity index (χ4v) is 6.37. The standard InChI is InChI=1S/C30H32N4O3S/c1-19-16-34(30(36)32-26-9-5-7-22-14-21-6-3-4-8-25(21)29(22)26)13-12-33(19)17-23(35)18-37-24-10-11-28-27(15-24)31-20(2)38-28/h3-11,15,19,23,35H,12-14,16-18H2,1-2H3,(H,32,36)/t19-,23+/m0/s1. The molecule has 2 N–H and O–H groups in total. The lowest BCUT2D eigenvalue weighted by Crippen LogP contribution is -2.56. The van der Waals surface area contributed by atoms with Crippen molar-refractivity contribution in [2.24, 2.45) is 0 Å². The van der Waals surface area contributed by atoms with Crippen LogP contribution in [0.3, 0.4) is 0 Å². The van der Waals surface area contributed by atoms with Crippen molar-refractivity contribution >= 4 is 33.3 Å². The highest BCUT2D eigenvalue weighted by atomic mass is 32.1. The van der Waals surface area contributed by atoms with E-state index < -0.39 is 6.10 Å². The lowest BCUT2D eigenvalue weighted by molar-refractivity contribution is 0.0307. The number of aliphatic hydroxyl groups excluding tert-OH is 1. The van der Waals surface area contributed by atoms with Crippen molar-refractivity contribution in [2.45, 2.75) is 32.4 Å². The Morgan fingerprint density at radius 2 is 2.00 bits per heavy atom. The Hall–Kier alpha value is -3.46. The quantitative estimate of drug-likeness (QED) is 0.319. The van der Waals surface area contributed by atoms with Crippen LogP contribution in [0.4, 0.5) is 10.5 Å². The molecule has 2 atom stereocenters. The zero-order valence-electron chi connectivity index (χ0n) is 21.7. The number of benzene rings is 3. The van der Waals surface area contributed by atoms with Crippen molar-refractivity contribution in [2.75, 3.05) is 38.1 Å². The van der Waals surface area contributed by atoms with Crippen molar-refractivity contribution in [1.82, 2.24) is 14.8 Å². The van der Waals surface area contributed by atoms with Crippen molar-refractivity contribution in [3.05, 3.63) is 76.8 Å². The third kappa shape index (κ3) is 4.99. The summed E-state index contributed by atoms with van der Waals surface area (Å²) in [6, 6.07) is 20.4. The first-order chi connectivity index (χ1) is 18.4. The number of nitrogens with one attached hydrogen (secondary N) is 1. The van der Waals surface area contributed by atoms with E-state index in [2.05, 4.69) is 46.4 Å². The Labute approximate surface area is 226 Å². The second kappa shape index (κ2) is 10.4. The highest BCUT2D eigenvalue weighted by Gasteiger charge is 2.29. The Morgan fingerprint density at radius 3 is 2.87 bits per heavy atom. The number of β-amino-alcohol motifs (C(OH)–C–C–N with tert-alkyl or cyclic N) is 1. The van der Waals surface area contributed by atoms with Crippen molar-refractivity contribution in [3.8, 4) is 16.9 Å². The molecule has 8 heteroatoms. The minimum atomic E-state index is -0.627. The summed E-state index contributed by atoms with van der Waals surface area (Å²) in [4.78, 5) is 21.8. The first kappa shape index (κ1) is 24.9. The van der Waals surface area contributed by atoms with E-state index in [1.807, 2.05) is 48.2 Å². The number of amides is 2. The van der Waals surface area contributed by atoms with Crippen LogP contribution < -0.4 is 10.1 Å². The highest BCUT2D eigenvalue weighted by molar-refractivity contribution is 7.18. The molecule has 4 aromatic rings. The van der Waals surface area contributed by atoms with E-state index in [-0.39, 0.29) is 18.7 Å². The number of nitrogens with zero attached hydrogens (tertiary/aromatic N) is 3. The predicted molar refractivity (Wildman–Crippen MR) is 152 cm³/mol. The lowest BCUT2D eigenvalue weighted by atomic mass is 10.0. The maximum absolute atomic E-state index is 13.2. The summed E-state index contributed by atoms with van der Waals surface area (Å²) in [5.74, 6) is 0.714. The van der Waals surface area contributed by atoms with E-state index in [1.165, 1.54) is 16.7 Å². The SMILES string of the molecule is Cc1nc2cc(OC[C@H](O)CN3CCN(C(=O)Nc4cccc5c4-c4ccccc4C5)C[C@@H]3C)ccc2s1. The molecule has 0 radical (unpaired) electrons. The van der Waals surface area contributed by atoms with Gasteiger partial charge in [0.1, 0.15) is 18.5 Å². The molecule has 38 heavy (non-hydrogen) atoms. The lowest BCUT2D eigenvalue weighted by Gasteiger charge is -2.40. The minimum Gasteiger partial charge on any atom is -0.491 e. The average Bonchev–Trinajstić information content (AvgIpc) is 3.48. The second-order valence-electron chi connectivity index (χ2n) is 10.2. The summed E-state index contributed by atoms with van der Waals surface area (Å²) in [6.45, 7) is 6.71. The molecule has 7 nitrogen and oxygen atoms in total. The van der Waals surface area contributed by atoms with Crippen LogP contribution in [-0.4, -0.2) is 70.9 Å². The van der Waals surface area contributed by atoms with E-state index in [0.717, 1.165) is 32.9 Å². The van der Waals surface area contributed by atoms with E-state index in [1.54, 1.807) is 11.3 Å². The van der Waals surface area contributed by atoms with Crippen LogP contribution in [0, 0.1) is 6.92 Å². The Balaban J connectivity index is 1.03. The molecule has 0 spiro atoms. The smallest absolute Gasteiger partial charge is 0.321 e. The maximum atomic E-state index is 13.2. The van der Waals surface area contributed by atoms with Gasteiger partial charge in [0, 0.05) is 43.9 Å². The second-order valence-corrected chi connectivity index (χ2v) is 11.5. The van der Waals surface area contributed by atoms with Crippen molar-refractivity contribution in [1.29, 1.82) is 0 Å². The van der Waals surface area contributed by atoms with E-state index >= 15 is 0 Å². The van der Waals surface area contributed by atoms with Crippen LogP contribution in [0.15, 0.2) is 60.7 Å². The number of carbonyl (C=O) groups is 1. The Kier molecular flexibility index (Phi) is 6.78. The predicted octanol–water partition coefficient (Wildman–Crippen LogP) is 5.15. The third-order valence-corrected chi connectivity index (χ3v) is 8.42. The molecule has 3 aromatic carbocycles. The van der Waals surface area contributed by atoms with Gasteiger partial charge in [-0.2, -0.15) is 0 Å². The van der Waals surface area contributed by atoms with Gasteiger partial charge in [0.25, 0.3) is 0 Å². The Bertz CT molecular complexity index is 1490. The van der Waals surface area contributed by atoms with Gasteiger partial charge in [-0.1, -0.05) is 36.4 Å². The fourth-order valence-electron chi connectivity index (χ4n) is 5.57. The van der Waals surface area contributed by atoms with Gasteiger partial charge in [-0.05, 0) is 55.2 Å². The number of rotatable bonds is 6. The number of piperazine rings is 1. The minimum absolute atomic E-state index is 0.0779. The number of hydrogen-bond acceptors (Lipinski definition) is 6. The number of ether oxygens (including phenoxy) is 1. The molecule has 1 saturated heterocycles. The Morgan fingerprint density at radius 1 is 1.16 bits per heavy atom. The third-order valence-electron chi connectivity index (χ3n) is 7.47. The normalized spacial score (nSPS) is 17.8. The molecular formula is C30H32N4O3S. The molecule has 1 aliphatic carbocycles. The molecule has 2 aliphatic rings.